The Morgan fingerprint density at radius 1 is 1.05 bits per heavy atom. The van der Waals surface area contributed by atoms with Crippen molar-refractivity contribution in [3.05, 3.63) is 34.3 Å². The summed E-state index contributed by atoms with van der Waals surface area (Å²) < 4.78 is 78.0. The smallest absolute Gasteiger partial charge is 0.315 e. The molecular formula is C12H10ClF6N. The molecule has 2 rings (SSSR count). The highest BCUT2D eigenvalue weighted by Gasteiger charge is 2.57. The summed E-state index contributed by atoms with van der Waals surface area (Å²) in [4.78, 5) is 0. The normalized spacial score (nSPS) is 24.1. The van der Waals surface area contributed by atoms with Crippen LogP contribution in [0.15, 0.2) is 18.2 Å². The highest BCUT2D eigenvalue weighted by Crippen LogP contribution is 2.47. The number of benzene rings is 1. The van der Waals surface area contributed by atoms with Crippen LogP contribution in [0.2, 0.25) is 5.02 Å². The molecule has 1 heterocycles. The van der Waals surface area contributed by atoms with Gasteiger partial charge in [0.2, 0.25) is 0 Å². The predicted molar refractivity (Wildman–Crippen MR) is 61.7 cm³/mol. The average Bonchev–Trinajstić information content (AvgIpc) is 2.76. The molecule has 112 valence electrons. The fourth-order valence-corrected chi connectivity index (χ4v) is 2.61. The minimum absolute atomic E-state index is 0.0906. The van der Waals surface area contributed by atoms with E-state index in [0.717, 1.165) is 6.07 Å². The molecule has 1 saturated heterocycles. The largest absolute Gasteiger partial charge is 0.416 e. The maximum absolute atomic E-state index is 13.3. The van der Waals surface area contributed by atoms with Crippen LogP contribution in [0.5, 0.6) is 0 Å². The third-order valence-electron chi connectivity index (χ3n) is 3.48. The summed E-state index contributed by atoms with van der Waals surface area (Å²) >= 11 is 5.56. The number of hydrogen-bond donors (Lipinski definition) is 1. The molecule has 20 heavy (non-hydrogen) atoms. The van der Waals surface area contributed by atoms with Crippen molar-refractivity contribution in [1.29, 1.82) is 0 Å². The van der Waals surface area contributed by atoms with E-state index in [1.807, 2.05) is 0 Å². The molecule has 1 N–H and O–H groups in total. The van der Waals surface area contributed by atoms with Crippen molar-refractivity contribution in [1.82, 2.24) is 5.32 Å². The molecule has 1 nitrogen and oxygen atoms in total. The Balaban J connectivity index is 2.58. The highest BCUT2D eigenvalue weighted by atomic mass is 35.5. The first kappa shape index (κ1) is 15.4. The van der Waals surface area contributed by atoms with E-state index in [9.17, 15) is 26.3 Å². The van der Waals surface area contributed by atoms with E-state index >= 15 is 0 Å². The van der Waals surface area contributed by atoms with Gasteiger partial charge in [0.05, 0.1) is 5.56 Å². The summed E-state index contributed by atoms with van der Waals surface area (Å²) in [5.41, 5.74) is -3.94. The molecule has 0 bridgehead atoms. The molecule has 1 aliphatic rings. The van der Waals surface area contributed by atoms with Gasteiger partial charge in [0, 0.05) is 11.6 Å². The summed E-state index contributed by atoms with van der Waals surface area (Å²) in [6.45, 7) is -0.360. The van der Waals surface area contributed by atoms with Crippen molar-refractivity contribution >= 4 is 11.6 Å². The molecule has 0 radical (unpaired) electrons. The van der Waals surface area contributed by atoms with Crippen LogP contribution in [0.1, 0.15) is 17.5 Å². The van der Waals surface area contributed by atoms with Gasteiger partial charge in [0.15, 0.2) is 0 Å². The minimum atomic E-state index is -4.74. The molecule has 0 saturated carbocycles. The molecule has 0 aliphatic carbocycles. The molecule has 1 atom stereocenters. The topological polar surface area (TPSA) is 12.0 Å². The van der Waals surface area contributed by atoms with Gasteiger partial charge in [0.1, 0.15) is 5.41 Å². The molecule has 1 aromatic carbocycles. The molecule has 8 heteroatoms. The van der Waals surface area contributed by atoms with E-state index in [0.29, 0.717) is 12.1 Å². The molecular weight excluding hydrogens is 308 g/mol. The Hall–Kier alpha value is -0.950. The maximum atomic E-state index is 13.3. The summed E-state index contributed by atoms with van der Waals surface area (Å²) in [5, 5.41) is 2.20. The zero-order valence-corrected chi connectivity index (χ0v) is 10.8. The van der Waals surface area contributed by atoms with Crippen molar-refractivity contribution in [2.45, 2.75) is 24.2 Å². The van der Waals surface area contributed by atoms with Gasteiger partial charge in [-0.3, -0.25) is 0 Å². The van der Waals surface area contributed by atoms with Crippen molar-refractivity contribution in [2.24, 2.45) is 0 Å². The fraction of sp³-hybridized carbons (Fsp3) is 0.500. The molecule has 1 unspecified atom stereocenters. The second-order valence-electron chi connectivity index (χ2n) is 4.73. The van der Waals surface area contributed by atoms with Gasteiger partial charge in [-0.2, -0.15) is 26.3 Å². The van der Waals surface area contributed by atoms with Gasteiger partial charge in [0.25, 0.3) is 0 Å². The fourth-order valence-electron chi connectivity index (χ4n) is 2.37. The Bertz CT molecular complexity index is 502. The second kappa shape index (κ2) is 4.80. The molecule has 1 fully saturated rings. The van der Waals surface area contributed by atoms with Crippen LogP contribution in [0.4, 0.5) is 26.3 Å². The van der Waals surface area contributed by atoms with Crippen LogP contribution in [0, 0.1) is 0 Å². The summed E-state index contributed by atoms with van der Waals surface area (Å²) in [5.74, 6) is 0. The zero-order chi connectivity index (χ0) is 15.2. The summed E-state index contributed by atoms with van der Waals surface area (Å²) in [7, 11) is 0. The predicted octanol–water partition coefficient (Wildman–Crippen LogP) is 4.15. The first-order chi connectivity index (χ1) is 9.06. The molecule has 1 aromatic rings. The molecule has 0 spiro atoms. The summed E-state index contributed by atoms with van der Waals surface area (Å²) in [6.07, 6.45) is -9.70. The lowest BCUT2D eigenvalue weighted by atomic mass is 9.78. The lowest BCUT2D eigenvalue weighted by Gasteiger charge is -2.32. The second-order valence-corrected chi connectivity index (χ2v) is 5.17. The van der Waals surface area contributed by atoms with Gasteiger partial charge >= 0.3 is 12.4 Å². The summed E-state index contributed by atoms with van der Waals surface area (Å²) in [6, 6.07) is 2.11. The van der Waals surface area contributed by atoms with Crippen molar-refractivity contribution in [3.63, 3.8) is 0 Å². The van der Waals surface area contributed by atoms with Crippen molar-refractivity contribution in [2.75, 3.05) is 13.1 Å². The SMILES string of the molecule is FC(F)(F)c1cc(Cl)cc(C2(C(F)(F)F)CCNC2)c1. The first-order valence-electron chi connectivity index (χ1n) is 5.72. The molecule has 0 amide bonds. The average molecular weight is 318 g/mol. The van der Waals surface area contributed by atoms with Crippen LogP contribution in [-0.4, -0.2) is 19.3 Å². The zero-order valence-electron chi connectivity index (χ0n) is 10.00. The van der Waals surface area contributed by atoms with E-state index in [4.69, 9.17) is 11.6 Å². The molecule has 1 aliphatic heterocycles. The molecule has 0 aromatic heterocycles. The lowest BCUT2D eigenvalue weighted by molar-refractivity contribution is -0.185. The number of nitrogens with one attached hydrogen (secondary N) is 1. The number of alkyl halides is 6. The third kappa shape index (κ3) is 2.61. The van der Waals surface area contributed by atoms with Crippen LogP contribution in [0.25, 0.3) is 0 Å². The Labute approximate surface area is 115 Å². The van der Waals surface area contributed by atoms with Crippen LogP contribution in [0.3, 0.4) is 0 Å². The van der Waals surface area contributed by atoms with E-state index in [-0.39, 0.29) is 18.0 Å². The van der Waals surface area contributed by atoms with Gasteiger partial charge in [-0.05, 0) is 36.7 Å². The number of hydrogen-bond acceptors (Lipinski definition) is 1. The van der Waals surface area contributed by atoms with E-state index < -0.39 is 35.4 Å². The quantitative estimate of drug-likeness (QED) is 0.767. The van der Waals surface area contributed by atoms with Gasteiger partial charge < -0.3 is 5.32 Å². The standard InChI is InChI=1S/C12H10ClF6N/c13-9-4-7(3-8(5-9)11(14,15)16)10(12(17,18)19)1-2-20-6-10/h3-5,20H,1-2,6H2. The van der Waals surface area contributed by atoms with E-state index in [1.54, 1.807) is 0 Å². The van der Waals surface area contributed by atoms with E-state index in [2.05, 4.69) is 5.32 Å². The number of halogens is 7. The third-order valence-corrected chi connectivity index (χ3v) is 3.69. The van der Waals surface area contributed by atoms with Crippen molar-refractivity contribution < 1.29 is 26.3 Å². The Morgan fingerprint density at radius 3 is 2.15 bits per heavy atom. The van der Waals surface area contributed by atoms with Crippen LogP contribution < -0.4 is 5.32 Å². The van der Waals surface area contributed by atoms with Crippen LogP contribution >= 0.6 is 11.6 Å². The van der Waals surface area contributed by atoms with Gasteiger partial charge in [-0.15, -0.1) is 0 Å². The van der Waals surface area contributed by atoms with E-state index in [1.165, 1.54) is 0 Å². The van der Waals surface area contributed by atoms with Gasteiger partial charge in [-0.1, -0.05) is 11.6 Å². The lowest BCUT2D eigenvalue weighted by Crippen LogP contribution is -2.44. The highest BCUT2D eigenvalue weighted by molar-refractivity contribution is 6.30. The Kier molecular flexibility index (Phi) is 3.71. The number of rotatable bonds is 1. The van der Waals surface area contributed by atoms with Crippen LogP contribution in [-0.2, 0) is 11.6 Å². The minimum Gasteiger partial charge on any atom is -0.315 e. The Morgan fingerprint density at radius 2 is 1.70 bits per heavy atom. The monoisotopic (exact) mass is 317 g/mol. The first-order valence-corrected chi connectivity index (χ1v) is 6.10. The van der Waals surface area contributed by atoms with Crippen molar-refractivity contribution in [3.8, 4) is 0 Å². The maximum Gasteiger partial charge on any atom is 0.416 e. The van der Waals surface area contributed by atoms with Gasteiger partial charge in [-0.25, -0.2) is 0 Å².